The van der Waals surface area contributed by atoms with Gasteiger partial charge in [-0.2, -0.15) is 0 Å². The molecule has 0 aliphatic rings. The first-order chi connectivity index (χ1) is 25.6. The maximum atomic E-state index is 10.8. The summed E-state index contributed by atoms with van der Waals surface area (Å²) in [6, 6.07) is 0. The summed E-state index contributed by atoms with van der Waals surface area (Å²) in [5.74, 6) is -2.64. The number of carbonyl (C=O) groups is 2. The first-order valence-corrected chi connectivity index (χ1v) is 22.9. The molecule has 1 amide bonds. The molecule has 0 saturated heterocycles. The Bertz CT molecular complexity index is 1780. The second kappa shape index (κ2) is 48.2. The van der Waals surface area contributed by atoms with Gasteiger partial charge in [0.2, 0.25) is 5.91 Å². The predicted octanol–water partition coefficient (Wildman–Crippen LogP) is -15.8. The van der Waals surface area contributed by atoms with Crippen molar-refractivity contribution in [3.8, 4) is 0 Å². The summed E-state index contributed by atoms with van der Waals surface area (Å²) in [5.41, 5.74) is -0.324. The molecule has 21 nitrogen and oxygen atoms in total. The maximum Gasteiger partial charge on any atom is 1.00 e. The van der Waals surface area contributed by atoms with E-state index in [1.807, 2.05) is 0 Å². The molecule has 0 fully saturated rings. The Labute approximate surface area is 480 Å². The minimum atomic E-state index is -4.37. The van der Waals surface area contributed by atoms with E-state index in [0.717, 1.165) is 6.08 Å². The molecule has 0 heterocycles. The quantitative estimate of drug-likeness (QED) is 0.0163. The van der Waals surface area contributed by atoms with Crippen molar-refractivity contribution in [2.24, 2.45) is 0 Å². The van der Waals surface area contributed by atoms with E-state index in [1.165, 1.54) is 39.0 Å². The summed E-state index contributed by atoms with van der Waals surface area (Å²) >= 11 is -2.27. The van der Waals surface area contributed by atoms with Crippen LogP contribution in [0, 0.1) is 0 Å². The van der Waals surface area contributed by atoms with Crippen LogP contribution in [0.2, 0.25) is 0 Å². The standard InChI is InChI=1S/C7H13NO4S.C7H12O4S.C6H12O5S.C6H12O4S.C5H8O3S.5Na/c1-4-6(9)8-7(2,3)5-13(10,11)12;1-6(2)7(8)4-3-5-12(9,10)11;1-2-3-11-4-6(7)5-12(8,9)10;1-2-3-10-5-6(4-7)11(8)9;1-3-5(2)4-9(6,7)8;;;;;/h4H,1,5H2,2-3H3,(H,8,9)(H,10,11,12);1,3-5H2,2H3,(H,9,10,11);2,6-7H,1,3-5H2,(H,8,9,10);2,6-7H,1,3-5H2,(H,8,9);3-4H,1H2,2H3,(H,6,7,8);;;;;/q;;;;;5*+1/p-5/b;;;;5-4+;;;;;. The SMILES string of the molecule is C=C(C)C(=O)CCCS(=O)(=O)[O-].C=C/C(C)=C/S(=O)(=O)[O-].C=CC(=O)NC(C)(C)CS(=O)(=O)[O-].C=CCOCC(CO)S(=O)[O-].C=CCOCC(O)CS(=O)(=O)[O-].[Na+].[Na+].[Na+].[Na+].[Na+]. The molecule has 31 heteroatoms. The molecule has 62 heavy (non-hydrogen) atoms. The third kappa shape index (κ3) is 79.3. The topological polar surface area (TPSA) is 374 Å². The summed E-state index contributed by atoms with van der Waals surface area (Å²) in [6.45, 7) is 22.5. The Morgan fingerprint density at radius 2 is 1.23 bits per heavy atom. The molecule has 0 aliphatic carbocycles. The fourth-order valence-corrected chi connectivity index (χ4v) is 5.69. The number of carbonyl (C=O) groups excluding carboxylic acids is 2. The van der Waals surface area contributed by atoms with Gasteiger partial charge in [-0.05, 0) is 62.4 Å². The minimum Gasteiger partial charge on any atom is -0.772 e. The number of hydrogen-bond donors (Lipinski definition) is 3. The molecule has 0 aromatic rings. The zero-order valence-electron chi connectivity index (χ0n) is 36.9. The van der Waals surface area contributed by atoms with Crippen molar-refractivity contribution in [3.63, 3.8) is 0 Å². The summed E-state index contributed by atoms with van der Waals surface area (Å²) in [5, 5.41) is 19.5. The van der Waals surface area contributed by atoms with E-state index < -0.39 is 98.2 Å². The van der Waals surface area contributed by atoms with Crippen LogP contribution < -0.4 is 153 Å². The van der Waals surface area contributed by atoms with Crippen LogP contribution in [0.4, 0.5) is 0 Å². The average molecular weight is 1030 g/mol. The number of hydrogen-bond acceptors (Lipinski definition) is 20. The van der Waals surface area contributed by atoms with E-state index in [1.54, 1.807) is 6.92 Å². The summed E-state index contributed by atoms with van der Waals surface area (Å²) in [7, 11) is -17.1. The predicted molar refractivity (Wildman–Crippen MR) is 207 cm³/mol. The summed E-state index contributed by atoms with van der Waals surface area (Å²) < 4.78 is 152. The first-order valence-electron chi connectivity index (χ1n) is 15.6. The Balaban J connectivity index is -0.0000000671. The van der Waals surface area contributed by atoms with E-state index in [0.29, 0.717) is 23.2 Å². The van der Waals surface area contributed by atoms with Gasteiger partial charge in [0.1, 0.15) is 10.1 Å². The van der Waals surface area contributed by atoms with Gasteiger partial charge in [0.15, 0.2) is 5.78 Å². The van der Waals surface area contributed by atoms with Gasteiger partial charge in [0.05, 0.1) is 86.2 Å². The molecule has 0 aromatic heterocycles. The molecule has 0 aliphatic heterocycles. The normalized spacial score (nSPS) is 12.2. The van der Waals surface area contributed by atoms with E-state index in [-0.39, 0.29) is 186 Å². The molecule has 0 aromatic carbocycles. The van der Waals surface area contributed by atoms with Gasteiger partial charge in [-0.3, -0.25) is 13.8 Å². The van der Waals surface area contributed by atoms with Gasteiger partial charge in [-0.15, -0.1) is 13.2 Å². The number of nitrogens with one attached hydrogen (secondary N) is 1. The molecule has 0 spiro atoms. The maximum absolute atomic E-state index is 10.8. The van der Waals surface area contributed by atoms with Crippen LogP contribution in [0.15, 0.2) is 73.8 Å². The van der Waals surface area contributed by atoms with Crippen LogP contribution in [0.1, 0.15) is 40.5 Å². The first kappa shape index (κ1) is 87.3. The minimum absolute atomic E-state index is 0. The van der Waals surface area contributed by atoms with Gasteiger partial charge >= 0.3 is 148 Å². The van der Waals surface area contributed by atoms with Crippen LogP contribution >= 0.6 is 0 Å². The van der Waals surface area contributed by atoms with Gasteiger partial charge in [0, 0.05) is 23.1 Å². The molecule has 3 unspecified atom stereocenters. The molecule has 3 N–H and O–H groups in total. The number of amides is 1. The van der Waals surface area contributed by atoms with Crippen molar-refractivity contribution in [2.75, 3.05) is 50.3 Å². The van der Waals surface area contributed by atoms with Gasteiger partial charge in [-0.25, -0.2) is 33.7 Å². The van der Waals surface area contributed by atoms with Crippen molar-refractivity contribution in [1.82, 2.24) is 5.32 Å². The van der Waals surface area contributed by atoms with Crippen LogP contribution in [-0.2, 0) is 70.6 Å². The van der Waals surface area contributed by atoms with Gasteiger partial charge in [-0.1, -0.05) is 38.0 Å². The summed E-state index contributed by atoms with van der Waals surface area (Å²) in [6.07, 6.45) is 4.19. The van der Waals surface area contributed by atoms with Crippen molar-refractivity contribution in [1.29, 1.82) is 0 Å². The Kier molecular flexibility index (Phi) is 67.8. The Morgan fingerprint density at radius 3 is 1.50 bits per heavy atom. The average Bonchev–Trinajstić information content (AvgIpc) is 3.00. The smallest absolute Gasteiger partial charge is 0.772 e. The monoisotopic (exact) mass is 1030 g/mol. The zero-order valence-corrected chi connectivity index (χ0v) is 51.0. The number of aliphatic hydroxyl groups is 2. The number of Topliss-reactive ketones (excluding diaryl/α,β-unsaturated/α-hetero) is 1. The van der Waals surface area contributed by atoms with Gasteiger partial charge in [0.25, 0.3) is 0 Å². The van der Waals surface area contributed by atoms with Crippen molar-refractivity contribution < 1.29 is 238 Å². The molecule has 3 atom stereocenters. The number of aliphatic hydroxyl groups excluding tert-OH is 2. The second-order valence-corrected chi connectivity index (χ2v) is 18.3. The third-order valence-electron chi connectivity index (χ3n) is 5.07. The number of ketones is 1. The van der Waals surface area contributed by atoms with Gasteiger partial charge < -0.3 is 47.8 Å². The van der Waals surface area contributed by atoms with E-state index in [4.69, 9.17) is 19.7 Å². The van der Waals surface area contributed by atoms with Crippen LogP contribution in [0.25, 0.3) is 0 Å². The van der Waals surface area contributed by atoms with Crippen molar-refractivity contribution in [2.45, 2.75) is 57.4 Å². The molecule has 336 valence electrons. The molecule has 0 rings (SSSR count). The van der Waals surface area contributed by atoms with E-state index in [9.17, 15) is 70.2 Å². The number of rotatable bonds is 23. The van der Waals surface area contributed by atoms with E-state index in [2.05, 4.69) is 38.2 Å². The molecule has 0 radical (unpaired) electrons. The summed E-state index contributed by atoms with van der Waals surface area (Å²) in [4.78, 5) is 21.6. The molecule has 0 bridgehead atoms. The second-order valence-electron chi connectivity index (χ2n) is 11.5. The Hall–Kier alpha value is 2.17. The zero-order chi connectivity index (χ0) is 46.3. The van der Waals surface area contributed by atoms with Crippen molar-refractivity contribution >= 4 is 63.2 Å². The molecular weight excluding hydrogens is 982 g/mol. The van der Waals surface area contributed by atoms with Crippen LogP contribution in [0.3, 0.4) is 0 Å². The molecule has 0 saturated carbocycles. The largest absolute Gasteiger partial charge is 1.00 e. The van der Waals surface area contributed by atoms with Crippen molar-refractivity contribution in [3.05, 3.63) is 73.8 Å². The fourth-order valence-electron chi connectivity index (χ4n) is 2.78. The number of allylic oxidation sites excluding steroid dienone is 3. The third-order valence-corrected chi connectivity index (χ3v) is 9.22. The van der Waals surface area contributed by atoms with Crippen LogP contribution in [0.5, 0.6) is 0 Å². The van der Waals surface area contributed by atoms with E-state index >= 15 is 0 Å². The van der Waals surface area contributed by atoms with Crippen LogP contribution in [-0.4, -0.2) is 150 Å². The molecular formula is C31H52NNa5O20S5. The fraction of sp³-hybridized carbons (Fsp3) is 0.548. The number of ether oxygens (including phenoxy) is 2. The Morgan fingerprint density at radius 1 is 0.790 bits per heavy atom.